The molecule has 0 aliphatic carbocycles. The fourth-order valence-electron chi connectivity index (χ4n) is 2.25. The molecule has 4 nitrogen and oxygen atoms in total. The molecule has 0 N–H and O–H groups in total. The largest absolute Gasteiger partial charge is 0.497 e. The first-order valence-electron chi connectivity index (χ1n) is 7.02. The second kappa shape index (κ2) is 5.95. The van der Waals surface area contributed by atoms with Gasteiger partial charge in [0.15, 0.2) is 11.5 Å². The van der Waals surface area contributed by atoms with Crippen molar-refractivity contribution in [3.8, 4) is 34.1 Å². The van der Waals surface area contributed by atoms with Crippen molar-refractivity contribution in [1.29, 1.82) is 0 Å². The van der Waals surface area contributed by atoms with Gasteiger partial charge in [-0.25, -0.2) is 0 Å². The first-order valence-corrected chi connectivity index (χ1v) is 7.02. The van der Waals surface area contributed by atoms with Gasteiger partial charge in [0.05, 0.1) is 13.7 Å². The second-order valence-electron chi connectivity index (χ2n) is 4.78. The normalized spacial score (nSPS) is 12.3. The van der Waals surface area contributed by atoms with Crippen molar-refractivity contribution in [3.05, 3.63) is 36.4 Å². The molecule has 0 bridgehead atoms. The van der Waals surface area contributed by atoms with E-state index in [4.69, 9.17) is 18.9 Å². The third-order valence-electron chi connectivity index (χ3n) is 3.34. The fraction of sp³-hybridized carbons (Fsp3) is 0.294. The van der Waals surface area contributed by atoms with Crippen LogP contribution in [0.2, 0.25) is 0 Å². The van der Waals surface area contributed by atoms with Gasteiger partial charge in [-0.15, -0.1) is 0 Å². The lowest BCUT2D eigenvalue weighted by Gasteiger charge is -2.13. The van der Waals surface area contributed by atoms with E-state index >= 15 is 0 Å². The highest BCUT2D eigenvalue weighted by atomic mass is 16.7. The Morgan fingerprint density at radius 3 is 2.43 bits per heavy atom. The molecule has 0 atom stereocenters. The van der Waals surface area contributed by atoms with Gasteiger partial charge < -0.3 is 18.9 Å². The number of hydrogen-bond donors (Lipinski definition) is 0. The summed E-state index contributed by atoms with van der Waals surface area (Å²) in [7, 11) is 1.66. The SMILES string of the molecule is CCCOc1cc2c(cc1-c1ccc(OC)cc1)OCO2. The Morgan fingerprint density at radius 1 is 1.05 bits per heavy atom. The maximum atomic E-state index is 5.86. The van der Waals surface area contributed by atoms with Gasteiger partial charge in [-0.3, -0.25) is 0 Å². The van der Waals surface area contributed by atoms with Gasteiger partial charge in [0.25, 0.3) is 0 Å². The van der Waals surface area contributed by atoms with Gasteiger partial charge in [-0.1, -0.05) is 19.1 Å². The minimum atomic E-state index is 0.259. The lowest BCUT2D eigenvalue weighted by molar-refractivity contribution is 0.173. The molecule has 0 radical (unpaired) electrons. The second-order valence-corrected chi connectivity index (χ2v) is 4.78. The summed E-state index contributed by atoms with van der Waals surface area (Å²) in [5.74, 6) is 3.13. The predicted octanol–water partition coefficient (Wildman–Crippen LogP) is 3.88. The highest BCUT2D eigenvalue weighted by Gasteiger charge is 2.19. The molecule has 1 heterocycles. The molecule has 4 heteroatoms. The molecule has 0 amide bonds. The summed E-state index contributed by atoms with van der Waals surface area (Å²) in [6, 6.07) is 11.8. The molecule has 0 unspecified atom stereocenters. The summed E-state index contributed by atoms with van der Waals surface area (Å²) in [6.45, 7) is 3.01. The summed E-state index contributed by atoms with van der Waals surface area (Å²) in [5, 5.41) is 0. The summed E-state index contributed by atoms with van der Waals surface area (Å²) < 4.78 is 21.9. The van der Waals surface area contributed by atoms with Crippen molar-refractivity contribution in [1.82, 2.24) is 0 Å². The van der Waals surface area contributed by atoms with Crippen molar-refractivity contribution in [3.63, 3.8) is 0 Å². The maximum Gasteiger partial charge on any atom is 0.231 e. The molecule has 2 aromatic rings. The first kappa shape index (κ1) is 13.6. The van der Waals surface area contributed by atoms with Crippen LogP contribution in [0.1, 0.15) is 13.3 Å². The van der Waals surface area contributed by atoms with Crippen LogP contribution in [0, 0.1) is 0 Å². The highest BCUT2D eigenvalue weighted by Crippen LogP contribution is 2.42. The van der Waals surface area contributed by atoms with Crippen molar-refractivity contribution in [2.24, 2.45) is 0 Å². The molecule has 1 aliphatic rings. The third kappa shape index (κ3) is 2.75. The Kier molecular flexibility index (Phi) is 3.86. The van der Waals surface area contributed by atoms with Crippen molar-refractivity contribution < 1.29 is 18.9 Å². The number of hydrogen-bond acceptors (Lipinski definition) is 4. The van der Waals surface area contributed by atoms with E-state index in [2.05, 4.69) is 6.92 Å². The molecule has 0 saturated heterocycles. The Balaban J connectivity index is 2.01. The molecule has 0 fully saturated rings. The third-order valence-corrected chi connectivity index (χ3v) is 3.34. The molecule has 110 valence electrons. The van der Waals surface area contributed by atoms with E-state index in [1.807, 2.05) is 36.4 Å². The highest BCUT2D eigenvalue weighted by molar-refractivity contribution is 5.75. The van der Waals surface area contributed by atoms with Gasteiger partial charge in [0.2, 0.25) is 6.79 Å². The van der Waals surface area contributed by atoms with Crippen LogP contribution in [-0.4, -0.2) is 20.5 Å². The minimum absolute atomic E-state index is 0.259. The minimum Gasteiger partial charge on any atom is -0.497 e. The number of benzene rings is 2. The Labute approximate surface area is 124 Å². The molecule has 21 heavy (non-hydrogen) atoms. The zero-order valence-electron chi connectivity index (χ0n) is 12.2. The molecule has 0 aromatic heterocycles. The van der Waals surface area contributed by atoms with E-state index in [1.54, 1.807) is 7.11 Å². The van der Waals surface area contributed by atoms with Gasteiger partial charge in [0, 0.05) is 11.6 Å². The smallest absolute Gasteiger partial charge is 0.231 e. The number of methoxy groups -OCH3 is 1. The standard InChI is InChI=1S/C17H18O4/c1-3-8-19-15-10-17-16(20-11-21-17)9-14(15)12-4-6-13(18-2)7-5-12/h4-7,9-10H,3,8,11H2,1-2H3. The van der Waals surface area contributed by atoms with Crippen LogP contribution >= 0.6 is 0 Å². The fourth-order valence-corrected chi connectivity index (χ4v) is 2.25. The number of rotatable bonds is 5. The van der Waals surface area contributed by atoms with Gasteiger partial charge in [-0.2, -0.15) is 0 Å². The maximum absolute atomic E-state index is 5.86. The van der Waals surface area contributed by atoms with Crippen LogP contribution in [-0.2, 0) is 0 Å². The van der Waals surface area contributed by atoms with Crippen molar-refractivity contribution >= 4 is 0 Å². The van der Waals surface area contributed by atoms with E-state index in [0.717, 1.165) is 40.5 Å². The monoisotopic (exact) mass is 286 g/mol. The number of fused-ring (bicyclic) bond motifs is 1. The molecule has 3 rings (SSSR count). The lowest BCUT2D eigenvalue weighted by Crippen LogP contribution is -1.97. The lowest BCUT2D eigenvalue weighted by atomic mass is 10.0. The van der Waals surface area contributed by atoms with Gasteiger partial charge in [-0.05, 0) is 30.2 Å². The van der Waals surface area contributed by atoms with E-state index in [9.17, 15) is 0 Å². The number of ether oxygens (including phenoxy) is 4. The molecule has 1 aliphatic heterocycles. The zero-order valence-corrected chi connectivity index (χ0v) is 12.2. The van der Waals surface area contributed by atoms with E-state index in [1.165, 1.54) is 0 Å². The van der Waals surface area contributed by atoms with Crippen molar-refractivity contribution in [2.75, 3.05) is 20.5 Å². The quantitative estimate of drug-likeness (QED) is 0.836. The molecular weight excluding hydrogens is 268 g/mol. The van der Waals surface area contributed by atoms with Crippen molar-refractivity contribution in [2.45, 2.75) is 13.3 Å². The predicted molar refractivity (Wildman–Crippen MR) is 80.3 cm³/mol. The summed E-state index contributed by atoms with van der Waals surface area (Å²) >= 11 is 0. The molecular formula is C17H18O4. The van der Waals surface area contributed by atoms with Crippen LogP contribution < -0.4 is 18.9 Å². The summed E-state index contributed by atoms with van der Waals surface area (Å²) in [4.78, 5) is 0. The van der Waals surface area contributed by atoms with E-state index in [-0.39, 0.29) is 6.79 Å². The van der Waals surface area contributed by atoms with Crippen LogP contribution in [0.4, 0.5) is 0 Å². The average Bonchev–Trinajstić information content (AvgIpc) is 2.99. The van der Waals surface area contributed by atoms with Crippen LogP contribution in [0.3, 0.4) is 0 Å². The summed E-state index contributed by atoms with van der Waals surface area (Å²) in [6.07, 6.45) is 0.955. The first-order chi connectivity index (χ1) is 10.3. The Morgan fingerprint density at radius 2 is 1.76 bits per heavy atom. The Bertz CT molecular complexity index is 619. The Hall–Kier alpha value is -2.36. The van der Waals surface area contributed by atoms with Gasteiger partial charge in [0.1, 0.15) is 11.5 Å². The topological polar surface area (TPSA) is 36.9 Å². The van der Waals surface area contributed by atoms with Gasteiger partial charge >= 0.3 is 0 Å². The van der Waals surface area contributed by atoms with Crippen LogP contribution in [0.25, 0.3) is 11.1 Å². The average molecular weight is 286 g/mol. The molecule has 0 spiro atoms. The van der Waals surface area contributed by atoms with Crippen LogP contribution in [0.5, 0.6) is 23.0 Å². The summed E-state index contributed by atoms with van der Waals surface area (Å²) in [5.41, 5.74) is 2.05. The van der Waals surface area contributed by atoms with Crippen LogP contribution in [0.15, 0.2) is 36.4 Å². The molecule has 0 saturated carbocycles. The van der Waals surface area contributed by atoms with E-state index in [0.29, 0.717) is 6.61 Å². The molecule has 2 aromatic carbocycles. The zero-order chi connectivity index (χ0) is 14.7. The van der Waals surface area contributed by atoms with E-state index < -0.39 is 0 Å².